The topological polar surface area (TPSA) is 134 Å². The minimum atomic E-state index is -1.31. The van der Waals surface area contributed by atoms with Crippen LogP contribution in [0.1, 0.15) is 15.9 Å². The van der Waals surface area contributed by atoms with E-state index < -0.39 is 11.8 Å². The van der Waals surface area contributed by atoms with E-state index in [0.717, 1.165) is 0 Å². The molecule has 0 saturated heterocycles. The molecule has 0 amide bonds. The van der Waals surface area contributed by atoms with Crippen molar-refractivity contribution in [2.24, 2.45) is 16.5 Å². The van der Waals surface area contributed by atoms with Gasteiger partial charge in [-0.3, -0.25) is 5.73 Å². The van der Waals surface area contributed by atoms with Gasteiger partial charge in [0, 0.05) is 11.8 Å². The summed E-state index contributed by atoms with van der Waals surface area (Å²) in [5, 5.41) is 21.2. The van der Waals surface area contributed by atoms with Crippen LogP contribution in [0, 0.1) is 0 Å². The predicted molar refractivity (Wildman–Crippen MR) is 72.1 cm³/mol. The van der Waals surface area contributed by atoms with Gasteiger partial charge in [0.2, 0.25) is 5.79 Å². The van der Waals surface area contributed by atoms with E-state index in [1.807, 2.05) is 0 Å². The molecule has 0 spiro atoms. The van der Waals surface area contributed by atoms with Gasteiger partial charge in [0.15, 0.2) is 0 Å². The van der Waals surface area contributed by atoms with Gasteiger partial charge in [0.1, 0.15) is 17.1 Å². The maximum atomic E-state index is 10.8. The molecule has 7 N–H and O–H groups in total. The first-order valence-corrected chi connectivity index (χ1v) is 5.07. The smallest absolute Gasteiger partial charge is 0.339 e. The number of nitrogens with two attached hydrogens (primary N) is 2. The molecule has 1 aromatic carbocycles. The van der Waals surface area contributed by atoms with Gasteiger partial charge in [-0.05, 0) is 18.2 Å². The Morgan fingerprint density at radius 2 is 2.11 bits per heavy atom. The number of hydrogen-bond acceptors (Lipinski definition) is 6. The van der Waals surface area contributed by atoms with E-state index in [1.54, 1.807) is 0 Å². The Morgan fingerprint density at radius 1 is 1.42 bits per heavy atom. The second-order valence-corrected chi connectivity index (χ2v) is 3.82. The molecule has 2 rings (SSSR count). The average Bonchev–Trinajstić information content (AvgIpc) is 2.28. The number of hydrogen-bond donors (Lipinski definition) is 5. The lowest BCUT2D eigenvalue weighted by atomic mass is 10.0. The molecule has 0 saturated carbocycles. The Hall–Kier alpha value is -2.25. The summed E-state index contributed by atoms with van der Waals surface area (Å²) < 4.78 is 0. The van der Waals surface area contributed by atoms with E-state index in [4.69, 9.17) is 16.6 Å². The highest BCUT2D eigenvalue weighted by Crippen LogP contribution is 2.25. The zero-order valence-corrected chi connectivity index (χ0v) is 10.5. The fourth-order valence-corrected chi connectivity index (χ4v) is 1.62. The summed E-state index contributed by atoms with van der Waals surface area (Å²) in [7, 11) is 0. The molecule has 1 atom stereocenters. The predicted octanol–water partition coefficient (Wildman–Crippen LogP) is 0.0553. The van der Waals surface area contributed by atoms with Gasteiger partial charge in [-0.1, -0.05) is 6.07 Å². The molecule has 7 nitrogen and oxygen atoms in total. The number of nitrogens with zero attached hydrogens (tertiary/aromatic N) is 1. The van der Waals surface area contributed by atoms with Crippen LogP contribution in [0.5, 0.6) is 5.75 Å². The number of nitrogens with one attached hydrogen (secondary N) is 1. The highest BCUT2D eigenvalue weighted by atomic mass is 35.5. The number of carboxylic acid groups (broad SMARTS) is 1. The molecule has 19 heavy (non-hydrogen) atoms. The fourth-order valence-electron chi connectivity index (χ4n) is 1.62. The lowest BCUT2D eigenvalue weighted by Gasteiger charge is -2.28. The summed E-state index contributed by atoms with van der Waals surface area (Å²) in [4.78, 5) is 14.8. The highest BCUT2D eigenvalue weighted by Gasteiger charge is 2.28. The quantitative estimate of drug-likeness (QED) is 0.521. The van der Waals surface area contributed by atoms with E-state index in [2.05, 4.69) is 10.3 Å². The second-order valence-electron chi connectivity index (χ2n) is 3.82. The molecule has 0 fully saturated rings. The molecule has 1 heterocycles. The van der Waals surface area contributed by atoms with Crippen molar-refractivity contribution in [1.29, 1.82) is 0 Å². The van der Waals surface area contributed by atoms with Gasteiger partial charge in [-0.2, -0.15) is 0 Å². The van der Waals surface area contributed by atoms with E-state index in [0.29, 0.717) is 5.56 Å². The molecule has 0 radical (unpaired) electrons. The number of aromatic carboxylic acids is 1. The van der Waals surface area contributed by atoms with Crippen LogP contribution < -0.4 is 16.8 Å². The summed E-state index contributed by atoms with van der Waals surface area (Å²) in [6.07, 6.45) is 3.07. The van der Waals surface area contributed by atoms with Crippen LogP contribution in [0.15, 0.2) is 35.5 Å². The zero-order chi connectivity index (χ0) is 13.3. The minimum absolute atomic E-state index is 0. The molecular weight excluding hydrogens is 272 g/mol. The average molecular weight is 285 g/mol. The first-order valence-electron chi connectivity index (χ1n) is 5.07. The number of carbonyl (C=O) groups is 1. The number of rotatable bonds is 2. The van der Waals surface area contributed by atoms with Crippen molar-refractivity contribution >= 4 is 24.2 Å². The first-order chi connectivity index (χ1) is 8.42. The molecular formula is C11H13ClN4O3. The summed E-state index contributed by atoms with van der Waals surface area (Å²) >= 11 is 0. The Labute approximate surface area is 115 Å². The lowest BCUT2D eigenvalue weighted by molar-refractivity contribution is 0.0693. The third kappa shape index (κ3) is 2.78. The molecule has 0 aliphatic carbocycles. The monoisotopic (exact) mass is 284 g/mol. The number of halogens is 1. The van der Waals surface area contributed by atoms with Crippen molar-refractivity contribution in [2.75, 3.05) is 0 Å². The van der Waals surface area contributed by atoms with Crippen LogP contribution in [-0.4, -0.2) is 22.0 Å². The largest absolute Gasteiger partial charge is 0.507 e. The molecule has 102 valence electrons. The Morgan fingerprint density at radius 3 is 2.63 bits per heavy atom. The van der Waals surface area contributed by atoms with Crippen molar-refractivity contribution in [3.05, 3.63) is 41.6 Å². The van der Waals surface area contributed by atoms with Crippen LogP contribution in [0.2, 0.25) is 0 Å². The normalized spacial score (nSPS) is 21.0. The SMILES string of the molecule is Cl.NC1=NC(N)(c2ccc(C(=O)O)c(O)c2)NC=C1. The van der Waals surface area contributed by atoms with Crippen molar-refractivity contribution in [3.63, 3.8) is 0 Å². The van der Waals surface area contributed by atoms with E-state index in [-0.39, 0.29) is 29.6 Å². The standard InChI is InChI=1S/C11H12N4O3.ClH/c12-9-3-4-14-11(13,15-9)6-1-2-7(10(17)18)8(16)5-6;/h1-5,14,16H,13H2,(H2,12,15)(H,17,18);1H. The minimum Gasteiger partial charge on any atom is -0.507 e. The van der Waals surface area contributed by atoms with Crippen molar-refractivity contribution in [1.82, 2.24) is 5.32 Å². The number of phenols is 1. The molecule has 1 aliphatic heterocycles. The maximum absolute atomic E-state index is 10.8. The Balaban J connectivity index is 0.00000180. The fraction of sp³-hybridized carbons (Fsp3) is 0.0909. The van der Waals surface area contributed by atoms with Crippen LogP contribution >= 0.6 is 12.4 Å². The highest BCUT2D eigenvalue weighted by molar-refractivity contribution is 5.92. The van der Waals surface area contributed by atoms with Crippen molar-refractivity contribution < 1.29 is 15.0 Å². The summed E-state index contributed by atoms with van der Waals surface area (Å²) in [6, 6.07) is 3.96. The number of benzene rings is 1. The number of aliphatic imine (C=N–C) groups is 1. The zero-order valence-electron chi connectivity index (χ0n) is 9.70. The van der Waals surface area contributed by atoms with Gasteiger partial charge in [-0.25, -0.2) is 9.79 Å². The number of aromatic hydroxyl groups is 1. The molecule has 0 bridgehead atoms. The van der Waals surface area contributed by atoms with E-state index in [1.165, 1.54) is 30.5 Å². The van der Waals surface area contributed by atoms with Crippen LogP contribution in [-0.2, 0) is 5.79 Å². The van der Waals surface area contributed by atoms with Crippen molar-refractivity contribution in [2.45, 2.75) is 5.79 Å². The molecule has 1 aromatic rings. The number of amidine groups is 1. The molecule has 1 unspecified atom stereocenters. The summed E-state index contributed by atoms with van der Waals surface area (Å²) in [5.74, 6) is -2.68. The molecule has 8 heteroatoms. The van der Waals surface area contributed by atoms with Crippen LogP contribution in [0.4, 0.5) is 0 Å². The van der Waals surface area contributed by atoms with Gasteiger partial charge in [-0.15, -0.1) is 12.4 Å². The van der Waals surface area contributed by atoms with Crippen molar-refractivity contribution in [3.8, 4) is 5.75 Å². The Bertz CT molecular complexity index is 573. The number of carboxylic acids is 1. The lowest BCUT2D eigenvalue weighted by Crippen LogP contribution is -2.49. The molecule has 0 aromatic heterocycles. The van der Waals surface area contributed by atoms with Gasteiger partial charge >= 0.3 is 5.97 Å². The van der Waals surface area contributed by atoms with E-state index >= 15 is 0 Å². The third-order valence-corrected chi connectivity index (χ3v) is 2.53. The maximum Gasteiger partial charge on any atom is 0.339 e. The van der Waals surface area contributed by atoms with Gasteiger partial charge in [0.05, 0.1) is 0 Å². The van der Waals surface area contributed by atoms with E-state index in [9.17, 15) is 9.90 Å². The van der Waals surface area contributed by atoms with Crippen LogP contribution in [0.3, 0.4) is 0 Å². The van der Waals surface area contributed by atoms with Gasteiger partial charge in [0.25, 0.3) is 0 Å². The first kappa shape index (κ1) is 14.8. The van der Waals surface area contributed by atoms with Crippen LogP contribution in [0.25, 0.3) is 0 Å². The summed E-state index contributed by atoms with van der Waals surface area (Å²) in [6.45, 7) is 0. The second kappa shape index (κ2) is 5.17. The third-order valence-electron chi connectivity index (χ3n) is 2.53. The van der Waals surface area contributed by atoms with Gasteiger partial charge < -0.3 is 21.3 Å². The Kier molecular flexibility index (Phi) is 4.03. The summed E-state index contributed by atoms with van der Waals surface area (Å²) in [5.41, 5.74) is 11.7. The molecule has 1 aliphatic rings.